The Morgan fingerprint density at radius 1 is 1.19 bits per heavy atom. The number of nitrogens with zero attached hydrogens (tertiary/aromatic N) is 1. The number of hydrogen-bond donors (Lipinski definition) is 2. The SMILES string of the molecule is CCC(C)C1(C(=O)O)NC(c2ccc(C(=O)OC)cc2)C2C(=O)N(C(C)(C)C)C(=O)C21. The van der Waals surface area contributed by atoms with E-state index in [1.165, 1.54) is 12.0 Å². The second-order valence-corrected chi connectivity index (χ2v) is 9.41. The zero-order valence-electron chi connectivity index (χ0n) is 18.8. The molecule has 5 atom stereocenters. The lowest BCUT2D eigenvalue weighted by molar-refractivity contribution is -0.156. The molecule has 0 spiro atoms. The maximum atomic E-state index is 13.5. The molecule has 31 heavy (non-hydrogen) atoms. The number of carbonyl (C=O) groups is 4. The number of rotatable bonds is 5. The zero-order chi connectivity index (χ0) is 23.3. The molecule has 8 heteroatoms. The van der Waals surface area contributed by atoms with E-state index in [0.717, 1.165) is 0 Å². The minimum Gasteiger partial charge on any atom is -0.480 e. The van der Waals surface area contributed by atoms with Crippen LogP contribution < -0.4 is 5.32 Å². The summed E-state index contributed by atoms with van der Waals surface area (Å²) in [6.07, 6.45) is 0.521. The molecule has 2 fully saturated rings. The first-order valence-electron chi connectivity index (χ1n) is 10.5. The Kier molecular flexibility index (Phi) is 5.73. The molecule has 0 radical (unpaired) electrons. The van der Waals surface area contributed by atoms with E-state index in [4.69, 9.17) is 4.74 Å². The highest BCUT2D eigenvalue weighted by Crippen LogP contribution is 2.53. The van der Waals surface area contributed by atoms with Gasteiger partial charge in [0.2, 0.25) is 11.8 Å². The molecule has 2 aliphatic rings. The normalized spacial score (nSPS) is 29.1. The quantitative estimate of drug-likeness (QED) is 0.545. The fraction of sp³-hybridized carbons (Fsp3) is 0.565. The molecule has 0 saturated carbocycles. The van der Waals surface area contributed by atoms with Crippen LogP contribution in [0.5, 0.6) is 0 Å². The zero-order valence-corrected chi connectivity index (χ0v) is 18.8. The first-order valence-corrected chi connectivity index (χ1v) is 10.5. The van der Waals surface area contributed by atoms with E-state index in [9.17, 15) is 24.3 Å². The van der Waals surface area contributed by atoms with E-state index in [2.05, 4.69) is 5.32 Å². The van der Waals surface area contributed by atoms with Crippen molar-refractivity contribution in [3.63, 3.8) is 0 Å². The number of amides is 2. The van der Waals surface area contributed by atoms with E-state index < -0.39 is 52.7 Å². The number of imide groups is 1. The summed E-state index contributed by atoms with van der Waals surface area (Å²) >= 11 is 0. The minimum atomic E-state index is -1.57. The molecule has 3 rings (SSSR count). The van der Waals surface area contributed by atoms with Crippen molar-refractivity contribution in [3.05, 3.63) is 35.4 Å². The monoisotopic (exact) mass is 430 g/mol. The van der Waals surface area contributed by atoms with Crippen LogP contribution in [-0.2, 0) is 19.1 Å². The van der Waals surface area contributed by atoms with Gasteiger partial charge in [0.25, 0.3) is 0 Å². The second kappa shape index (κ2) is 7.75. The molecule has 0 aliphatic carbocycles. The summed E-state index contributed by atoms with van der Waals surface area (Å²) in [4.78, 5) is 52.6. The van der Waals surface area contributed by atoms with Crippen molar-refractivity contribution in [2.45, 2.75) is 58.2 Å². The van der Waals surface area contributed by atoms with Crippen LogP contribution in [0.3, 0.4) is 0 Å². The van der Waals surface area contributed by atoms with E-state index in [0.29, 0.717) is 17.5 Å². The summed E-state index contributed by atoms with van der Waals surface area (Å²) in [5.74, 6) is -4.71. The van der Waals surface area contributed by atoms with E-state index in [1.54, 1.807) is 52.0 Å². The fourth-order valence-electron chi connectivity index (χ4n) is 5.02. The van der Waals surface area contributed by atoms with Crippen LogP contribution in [0.2, 0.25) is 0 Å². The molecule has 2 aliphatic heterocycles. The van der Waals surface area contributed by atoms with Gasteiger partial charge in [0.1, 0.15) is 5.54 Å². The highest BCUT2D eigenvalue weighted by molar-refractivity contribution is 6.10. The summed E-state index contributed by atoms with van der Waals surface area (Å²) in [6, 6.07) is 5.82. The predicted molar refractivity (Wildman–Crippen MR) is 112 cm³/mol. The van der Waals surface area contributed by atoms with Crippen molar-refractivity contribution < 1.29 is 29.0 Å². The van der Waals surface area contributed by atoms with Gasteiger partial charge in [-0.1, -0.05) is 32.4 Å². The van der Waals surface area contributed by atoms with Crippen LogP contribution in [0.1, 0.15) is 63.0 Å². The topological polar surface area (TPSA) is 113 Å². The summed E-state index contributed by atoms with van der Waals surface area (Å²) in [5, 5.41) is 13.5. The van der Waals surface area contributed by atoms with Gasteiger partial charge in [-0.2, -0.15) is 0 Å². The number of hydrogen-bond acceptors (Lipinski definition) is 6. The van der Waals surface area contributed by atoms with Gasteiger partial charge >= 0.3 is 11.9 Å². The van der Waals surface area contributed by atoms with Gasteiger partial charge in [-0.05, 0) is 44.4 Å². The number of carboxylic acid groups (broad SMARTS) is 1. The lowest BCUT2D eigenvalue weighted by Gasteiger charge is -2.38. The van der Waals surface area contributed by atoms with Gasteiger partial charge < -0.3 is 9.84 Å². The van der Waals surface area contributed by atoms with E-state index >= 15 is 0 Å². The van der Waals surface area contributed by atoms with Gasteiger partial charge in [0, 0.05) is 11.6 Å². The van der Waals surface area contributed by atoms with Crippen LogP contribution in [0.4, 0.5) is 0 Å². The molecule has 2 amide bonds. The second-order valence-electron chi connectivity index (χ2n) is 9.41. The van der Waals surface area contributed by atoms with Crippen LogP contribution in [0, 0.1) is 17.8 Å². The number of likely N-dealkylation sites (tertiary alicyclic amines) is 1. The Bertz CT molecular complexity index is 919. The van der Waals surface area contributed by atoms with Gasteiger partial charge in [0.15, 0.2) is 0 Å². The number of benzene rings is 1. The van der Waals surface area contributed by atoms with Crippen LogP contribution >= 0.6 is 0 Å². The van der Waals surface area contributed by atoms with Crippen LogP contribution in [-0.4, -0.2) is 51.9 Å². The third kappa shape index (κ3) is 3.33. The smallest absolute Gasteiger partial charge is 0.337 e. The summed E-state index contributed by atoms with van der Waals surface area (Å²) in [7, 11) is 1.29. The number of ether oxygens (including phenoxy) is 1. The first kappa shape index (κ1) is 22.9. The third-order valence-corrected chi connectivity index (χ3v) is 6.70. The average molecular weight is 431 g/mol. The Labute approximate surface area is 181 Å². The summed E-state index contributed by atoms with van der Waals surface area (Å²) < 4.78 is 4.73. The number of esters is 1. The molecule has 0 bridgehead atoms. The van der Waals surface area contributed by atoms with Crippen molar-refractivity contribution in [2.24, 2.45) is 17.8 Å². The number of fused-ring (bicyclic) bond motifs is 1. The van der Waals surface area contributed by atoms with E-state index in [-0.39, 0.29) is 5.91 Å². The molecule has 2 N–H and O–H groups in total. The minimum absolute atomic E-state index is 0.345. The van der Waals surface area contributed by atoms with Gasteiger partial charge in [0.05, 0.1) is 24.5 Å². The maximum Gasteiger partial charge on any atom is 0.337 e. The average Bonchev–Trinajstić information content (AvgIpc) is 3.21. The molecule has 0 aromatic heterocycles. The molecule has 5 unspecified atom stereocenters. The molecule has 1 aromatic rings. The molecule has 2 saturated heterocycles. The van der Waals surface area contributed by atoms with Crippen molar-refractivity contribution >= 4 is 23.8 Å². The van der Waals surface area contributed by atoms with Gasteiger partial charge in [-0.15, -0.1) is 0 Å². The molecule has 8 nitrogen and oxygen atoms in total. The molecule has 168 valence electrons. The Hall–Kier alpha value is -2.74. The third-order valence-electron chi connectivity index (χ3n) is 6.70. The van der Waals surface area contributed by atoms with Crippen LogP contribution in [0.15, 0.2) is 24.3 Å². The van der Waals surface area contributed by atoms with Crippen molar-refractivity contribution in [3.8, 4) is 0 Å². The maximum absolute atomic E-state index is 13.5. The number of methoxy groups -OCH3 is 1. The molecular weight excluding hydrogens is 400 g/mol. The van der Waals surface area contributed by atoms with Gasteiger partial charge in [-0.3, -0.25) is 24.6 Å². The molecular formula is C23H30N2O6. The highest BCUT2D eigenvalue weighted by Gasteiger charge is 2.70. The lowest BCUT2D eigenvalue weighted by atomic mass is 9.72. The number of carboxylic acids is 1. The lowest BCUT2D eigenvalue weighted by Crippen LogP contribution is -2.60. The fourth-order valence-corrected chi connectivity index (χ4v) is 5.02. The Balaban J connectivity index is 2.16. The molecule has 1 aromatic carbocycles. The Morgan fingerprint density at radius 2 is 1.77 bits per heavy atom. The van der Waals surface area contributed by atoms with Crippen molar-refractivity contribution in [1.29, 1.82) is 0 Å². The number of carbonyl (C=O) groups excluding carboxylic acids is 3. The predicted octanol–water partition coefficient (Wildman–Crippen LogP) is 2.39. The largest absolute Gasteiger partial charge is 0.480 e. The van der Waals surface area contributed by atoms with E-state index in [1.807, 2.05) is 6.92 Å². The molecule has 2 heterocycles. The first-order chi connectivity index (χ1) is 14.4. The van der Waals surface area contributed by atoms with Crippen molar-refractivity contribution in [2.75, 3.05) is 7.11 Å². The van der Waals surface area contributed by atoms with Gasteiger partial charge in [-0.25, -0.2) is 4.79 Å². The summed E-state index contributed by atoms with van der Waals surface area (Å²) in [6.45, 7) is 8.96. The number of nitrogens with one attached hydrogen (secondary N) is 1. The highest BCUT2D eigenvalue weighted by atomic mass is 16.5. The number of aliphatic carboxylic acids is 1. The summed E-state index contributed by atoms with van der Waals surface area (Å²) in [5.41, 5.74) is -1.35. The Morgan fingerprint density at radius 3 is 2.23 bits per heavy atom. The van der Waals surface area contributed by atoms with Crippen LogP contribution in [0.25, 0.3) is 0 Å². The standard InChI is InChI=1S/C23H30N2O6/c1-7-12(2)23(21(29)30)16-15(18(26)25(19(16)27)22(3,4)5)17(24-23)13-8-10-14(11-9-13)20(28)31-6/h8-12,15-17,24H,7H2,1-6H3,(H,29,30). The van der Waals surface area contributed by atoms with Crippen molar-refractivity contribution in [1.82, 2.24) is 10.2 Å².